The Hall–Kier alpha value is -2.22. The second-order valence-electron chi connectivity index (χ2n) is 4.05. The molecule has 0 saturated carbocycles. The SMILES string of the molecule is C=Cn1c2ccccc2c2cc(NC)ccc21. The fourth-order valence-electron chi connectivity index (χ4n) is 2.36. The lowest BCUT2D eigenvalue weighted by Crippen LogP contribution is -1.87. The number of rotatable bonds is 2. The third-order valence-corrected chi connectivity index (χ3v) is 3.18. The molecule has 1 heterocycles. The highest BCUT2D eigenvalue weighted by molar-refractivity contribution is 6.10. The molecule has 0 spiro atoms. The standard InChI is InChI=1S/C15H14N2/c1-3-17-14-7-5-4-6-12(14)13-10-11(16-2)8-9-15(13)17/h3-10,16H,1H2,2H3. The third kappa shape index (κ3) is 1.34. The first-order chi connectivity index (χ1) is 8.35. The Morgan fingerprint density at radius 1 is 1.06 bits per heavy atom. The van der Waals surface area contributed by atoms with Crippen molar-refractivity contribution in [3.05, 3.63) is 49.0 Å². The van der Waals surface area contributed by atoms with Crippen LogP contribution in [0.2, 0.25) is 0 Å². The number of hydrogen-bond donors (Lipinski definition) is 1. The average molecular weight is 222 g/mol. The van der Waals surface area contributed by atoms with Crippen molar-refractivity contribution in [1.82, 2.24) is 4.57 Å². The molecule has 0 aliphatic carbocycles. The Morgan fingerprint density at radius 2 is 1.82 bits per heavy atom. The van der Waals surface area contributed by atoms with Crippen LogP contribution in [0.3, 0.4) is 0 Å². The van der Waals surface area contributed by atoms with Crippen LogP contribution in [-0.4, -0.2) is 11.6 Å². The van der Waals surface area contributed by atoms with Crippen LogP contribution in [0, 0.1) is 0 Å². The van der Waals surface area contributed by atoms with Crippen molar-refractivity contribution in [3.8, 4) is 0 Å². The molecular weight excluding hydrogens is 208 g/mol. The van der Waals surface area contributed by atoms with Gasteiger partial charge in [-0.1, -0.05) is 24.8 Å². The Labute approximate surface area is 100 Å². The quantitative estimate of drug-likeness (QED) is 0.695. The van der Waals surface area contributed by atoms with Gasteiger partial charge in [-0.2, -0.15) is 0 Å². The van der Waals surface area contributed by atoms with Crippen molar-refractivity contribution in [2.45, 2.75) is 0 Å². The highest BCUT2D eigenvalue weighted by Crippen LogP contribution is 2.30. The number of fused-ring (bicyclic) bond motifs is 3. The summed E-state index contributed by atoms with van der Waals surface area (Å²) >= 11 is 0. The molecule has 1 aromatic heterocycles. The largest absolute Gasteiger partial charge is 0.388 e. The lowest BCUT2D eigenvalue weighted by Gasteiger charge is -2.01. The Kier molecular flexibility index (Phi) is 2.15. The van der Waals surface area contributed by atoms with Gasteiger partial charge in [-0.15, -0.1) is 0 Å². The number of nitrogens with zero attached hydrogens (tertiary/aromatic N) is 1. The highest BCUT2D eigenvalue weighted by Gasteiger charge is 2.08. The molecule has 0 aliphatic heterocycles. The van der Waals surface area contributed by atoms with Crippen LogP contribution in [-0.2, 0) is 0 Å². The number of aromatic nitrogens is 1. The van der Waals surface area contributed by atoms with E-state index in [-0.39, 0.29) is 0 Å². The molecule has 2 heteroatoms. The van der Waals surface area contributed by atoms with Gasteiger partial charge < -0.3 is 9.88 Å². The molecule has 0 saturated heterocycles. The van der Waals surface area contributed by atoms with Gasteiger partial charge in [0.05, 0.1) is 11.0 Å². The summed E-state index contributed by atoms with van der Waals surface area (Å²) in [6, 6.07) is 14.8. The van der Waals surface area contributed by atoms with Crippen LogP contribution in [0.4, 0.5) is 5.69 Å². The van der Waals surface area contributed by atoms with Crippen molar-refractivity contribution in [3.63, 3.8) is 0 Å². The lowest BCUT2D eigenvalue weighted by atomic mass is 10.1. The van der Waals surface area contributed by atoms with Gasteiger partial charge in [0, 0.05) is 29.7 Å². The maximum absolute atomic E-state index is 3.89. The first-order valence-corrected chi connectivity index (χ1v) is 5.68. The topological polar surface area (TPSA) is 17.0 Å². The fourth-order valence-corrected chi connectivity index (χ4v) is 2.36. The van der Waals surface area contributed by atoms with Gasteiger partial charge in [0.25, 0.3) is 0 Å². The third-order valence-electron chi connectivity index (χ3n) is 3.18. The summed E-state index contributed by atoms with van der Waals surface area (Å²) in [6.07, 6.45) is 1.86. The smallest absolute Gasteiger partial charge is 0.0536 e. The van der Waals surface area contributed by atoms with Gasteiger partial charge in [-0.3, -0.25) is 0 Å². The van der Waals surface area contributed by atoms with E-state index in [0.717, 1.165) is 5.69 Å². The lowest BCUT2D eigenvalue weighted by molar-refractivity contribution is 1.30. The Balaban J connectivity index is 2.54. The zero-order valence-corrected chi connectivity index (χ0v) is 9.77. The maximum atomic E-state index is 3.89. The van der Waals surface area contributed by atoms with E-state index in [0.29, 0.717) is 0 Å². The van der Waals surface area contributed by atoms with E-state index in [1.54, 1.807) is 0 Å². The average Bonchev–Trinajstić information content (AvgIpc) is 2.71. The van der Waals surface area contributed by atoms with Crippen molar-refractivity contribution in [1.29, 1.82) is 0 Å². The first-order valence-electron chi connectivity index (χ1n) is 5.68. The Bertz CT molecular complexity index is 707. The van der Waals surface area contributed by atoms with Crippen LogP contribution >= 0.6 is 0 Å². The van der Waals surface area contributed by atoms with Gasteiger partial charge >= 0.3 is 0 Å². The minimum Gasteiger partial charge on any atom is -0.388 e. The zero-order chi connectivity index (χ0) is 11.8. The minimum atomic E-state index is 1.13. The molecule has 0 bridgehead atoms. The van der Waals surface area contributed by atoms with E-state index in [1.807, 2.05) is 13.2 Å². The van der Waals surface area contributed by atoms with E-state index in [1.165, 1.54) is 21.8 Å². The first kappa shape index (κ1) is 9.97. The molecule has 2 aromatic carbocycles. The molecule has 0 amide bonds. The van der Waals surface area contributed by atoms with E-state index in [2.05, 4.69) is 58.9 Å². The van der Waals surface area contributed by atoms with Crippen molar-refractivity contribution in [2.75, 3.05) is 12.4 Å². The summed E-state index contributed by atoms with van der Waals surface area (Å²) in [4.78, 5) is 0. The fraction of sp³-hybridized carbons (Fsp3) is 0.0667. The summed E-state index contributed by atoms with van der Waals surface area (Å²) in [5, 5.41) is 5.70. The number of benzene rings is 2. The molecule has 0 atom stereocenters. The molecule has 0 unspecified atom stereocenters. The van der Waals surface area contributed by atoms with Crippen LogP contribution in [0.5, 0.6) is 0 Å². The predicted octanol–water partition coefficient (Wildman–Crippen LogP) is 3.94. The second-order valence-corrected chi connectivity index (χ2v) is 4.05. The maximum Gasteiger partial charge on any atom is 0.0536 e. The van der Waals surface area contributed by atoms with Gasteiger partial charge in [0.2, 0.25) is 0 Å². The van der Waals surface area contributed by atoms with Gasteiger partial charge in [0.15, 0.2) is 0 Å². The molecule has 2 nitrogen and oxygen atoms in total. The van der Waals surface area contributed by atoms with E-state index in [4.69, 9.17) is 0 Å². The zero-order valence-electron chi connectivity index (χ0n) is 9.77. The van der Waals surface area contributed by atoms with Crippen LogP contribution in [0.25, 0.3) is 28.0 Å². The van der Waals surface area contributed by atoms with Crippen LogP contribution in [0.15, 0.2) is 49.0 Å². The summed E-state index contributed by atoms with van der Waals surface area (Å²) < 4.78 is 2.13. The summed E-state index contributed by atoms with van der Waals surface area (Å²) in [5.41, 5.74) is 3.52. The number of nitrogens with one attached hydrogen (secondary N) is 1. The van der Waals surface area contributed by atoms with Gasteiger partial charge in [-0.25, -0.2) is 0 Å². The summed E-state index contributed by atoms with van der Waals surface area (Å²) in [7, 11) is 1.94. The molecular formula is C15H14N2. The van der Waals surface area contributed by atoms with Crippen LogP contribution in [0.1, 0.15) is 0 Å². The number of para-hydroxylation sites is 1. The van der Waals surface area contributed by atoms with Crippen molar-refractivity contribution in [2.24, 2.45) is 0 Å². The molecule has 84 valence electrons. The molecule has 17 heavy (non-hydrogen) atoms. The van der Waals surface area contributed by atoms with E-state index >= 15 is 0 Å². The monoisotopic (exact) mass is 222 g/mol. The van der Waals surface area contributed by atoms with Crippen LogP contribution < -0.4 is 5.32 Å². The molecule has 0 fully saturated rings. The van der Waals surface area contributed by atoms with Gasteiger partial charge in [0.1, 0.15) is 0 Å². The molecule has 1 N–H and O–H groups in total. The number of hydrogen-bond acceptors (Lipinski definition) is 1. The Morgan fingerprint density at radius 3 is 2.59 bits per heavy atom. The molecule has 0 aliphatic rings. The van der Waals surface area contributed by atoms with Crippen molar-refractivity contribution < 1.29 is 0 Å². The van der Waals surface area contributed by atoms with E-state index in [9.17, 15) is 0 Å². The second kappa shape index (κ2) is 3.67. The molecule has 3 aromatic rings. The van der Waals surface area contributed by atoms with Gasteiger partial charge in [-0.05, 0) is 24.3 Å². The molecule has 3 rings (SSSR count). The summed E-state index contributed by atoms with van der Waals surface area (Å²) in [5.74, 6) is 0. The molecule has 0 radical (unpaired) electrons. The number of anilines is 1. The normalized spacial score (nSPS) is 10.9. The summed E-state index contributed by atoms with van der Waals surface area (Å²) in [6.45, 7) is 3.89. The highest BCUT2D eigenvalue weighted by atomic mass is 14.9. The minimum absolute atomic E-state index is 1.13. The van der Waals surface area contributed by atoms with E-state index < -0.39 is 0 Å². The predicted molar refractivity (Wildman–Crippen MR) is 75.4 cm³/mol. The van der Waals surface area contributed by atoms with Crippen molar-refractivity contribution >= 4 is 33.7 Å².